The van der Waals surface area contributed by atoms with E-state index in [1.807, 2.05) is 0 Å². The third-order valence-corrected chi connectivity index (χ3v) is 7.51. The van der Waals surface area contributed by atoms with Crippen LogP contribution in [0.1, 0.15) is 69.3 Å². The van der Waals surface area contributed by atoms with Crippen LogP contribution in [0.2, 0.25) is 0 Å². The van der Waals surface area contributed by atoms with E-state index in [9.17, 15) is 30.0 Å². The number of methoxy groups -OCH3 is 1. The van der Waals surface area contributed by atoms with Crippen molar-refractivity contribution in [1.29, 1.82) is 0 Å². The Morgan fingerprint density at radius 3 is 2.36 bits per heavy atom. The van der Waals surface area contributed by atoms with Crippen molar-refractivity contribution >= 4 is 11.6 Å². The maximum atomic E-state index is 13.6. The van der Waals surface area contributed by atoms with Gasteiger partial charge in [-0.1, -0.05) is 19.1 Å². The second kappa shape index (κ2) is 8.82. The predicted molar refractivity (Wildman–Crippen MR) is 125 cm³/mol. The number of carbonyl (C=O) groups excluding carboxylic acids is 2. The van der Waals surface area contributed by atoms with Gasteiger partial charge in [0.15, 0.2) is 12.1 Å². The molecule has 192 valence electrons. The summed E-state index contributed by atoms with van der Waals surface area (Å²) in [6.07, 6.45) is -4.51. The fourth-order valence-electron chi connectivity index (χ4n) is 5.53. The number of aliphatic hydroxyl groups excluding tert-OH is 2. The molecule has 10 nitrogen and oxygen atoms in total. The fourth-order valence-corrected chi connectivity index (χ4v) is 5.53. The summed E-state index contributed by atoms with van der Waals surface area (Å²) in [6, 6.07) is 3.93. The van der Waals surface area contributed by atoms with Crippen molar-refractivity contribution in [2.45, 2.75) is 63.4 Å². The Morgan fingerprint density at radius 1 is 1.00 bits per heavy atom. The van der Waals surface area contributed by atoms with E-state index in [0.29, 0.717) is 0 Å². The molecular weight excluding hydrogens is 470 g/mol. The molecule has 0 bridgehead atoms. The highest BCUT2D eigenvalue weighted by molar-refractivity contribution is 6.31. The molecule has 0 amide bonds. The van der Waals surface area contributed by atoms with E-state index in [1.165, 1.54) is 19.2 Å². The predicted octanol–water partition coefficient (Wildman–Crippen LogP) is 1.32. The average Bonchev–Trinajstić information content (AvgIpc) is 2.85. The summed E-state index contributed by atoms with van der Waals surface area (Å²) in [6.45, 7) is 3.38. The summed E-state index contributed by atoms with van der Waals surface area (Å²) in [7, 11) is 1.36. The summed E-state index contributed by atoms with van der Waals surface area (Å²) >= 11 is 0. The van der Waals surface area contributed by atoms with Gasteiger partial charge in [-0.2, -0.15) is 0 Å². The van der Waals surface area contributed by atoms with Gasteiger partial charge in [0, 0.05) is 29.2 Å². The first-order valence-corrected chi connectivity index (χ1v) is 11.9. The normalized spacial score (nSPS) is 31.4. The van der Waals surface area contributed by atoms with Crippen LogP contribution >= 0.6 is 0 Å². The van der Waals surface area contributed by atoms with E-state index in [1.54, 1.807) is 19.9 Å². The monoisotopic (exact) mass is 499 g/mol. The molecule has 2 aromatic rings. The van der Waals surface area contributed by atoms with Crippen molar-refractivity contribution < 1.29 is 44.2 Å². The molecule has 5 rings (SSSR count). The highest BCUT2D eigenvalue weighted by atomic mass is 16.7. The van der Waals surface area contributed by atoms with Gasteiger partial charge in [0.25, 0.3) is 0 Å². The number of rotatable bonds is 3. The van der Waals surface area contributed by atoms with Crippen LogP contribution in [0, 0.1) is 5.92 Å². The van der Waals surface area contributed by atoms with Gasteiger partial charge in [0.05, 0.1) is 42.1 Å². The summed E-state index contributed by atoms with van der Waals surface area (Å²) in [4.78, 5) is 27.0. The number of phenolic OH excluding ortho intramolecular Hbond substituents is 2. The van der Waals surface area contributed by atoms with Gasteiger partial charge in [0.1, 0.15) is 23.4 Å². The Kier molecular flexibility index (Phi) is 6.05. The summed E-state index contributed by atoms with van der Waals surface area (Å²) in [5.74, 6) is -2.54. The third-order valence-electron chi connectivity index (χ3n) is 7.51. The van der Waals surface area contributed by atoms with E-state index < -0.39 is 65.7 Å². The molecule has 1 fully saturated rings. The van der Waals surface area contributed by atoms with E-state index >= 15 is 0 Å². The molecule has 3 aliphatic rings. The zero-order valence-electron chi connectivity index (χ0n) is 20.1. The third kappa shape index (κ3) is 3.52. The van der Waals surface area contributed by atoms with Crippen molar-refractivity contribution in [2.75, 3.05) is 7.11 Å². The van der Waals surface area contributed by atoms with Gasteiger partial charge < -0.3 is 40.4 Å². The molecule has 1 aliphatic heterocycles. The Morgan fingerprint density at radius 2 is 1.69 bits per heavy atom. The number of hydrogen-bond donors (Lipinski definition) is 5. The highest BCUT2D eigenvalue weighted by Gasteiger charge is 2.46. The Labute approximate surface area is 207 Å². The van der Waals surface area contributed by atoms with Gasteiger partial charge in [-0.3, -0.25) is 9.59 Å². The van der Waals surface area contributed by atoms with Crippen molar-refractivity contribution in [3.05, 3.63) is 51.6 Å². The van der Waals surface area contributed by atoms with Crippen LogP contribution in [0.15, 0.2) is 18.2 Å². The molecule has 2 aromatic carbocycles. The average molecular weight is 500 g/mol. The number of carbonyl (C=O) groups is 2. The van der Waals surface area contributed by atoms with Crippen molar-refractivity contribution in [3.63, 3.8) is 0 Å². The molecule has 5 unspecified atom stereocenters. The molecule has 36 heavy (non-hydrogen) atoms. The first kappa shape index (κ1) is 24.7. The van der Waals surface area contributed by atoms with Crippen LogP contribution in [-0.2, 0) is 15.9 Å². The van der Waals surface area contributed by atoms with Crippen LogP contribution in [0.25, 0.3) is 0 Å². The summed E-state index contributed by atoms with van der Waals surface area (Å²) in [5.41, 5.74) is 5.65. The number of nitrogens with two attached hydrogens (primary N) is 1. The molecular formula is C26H29NO9. The van der Waals surface area contributed by atoms with E-state index in [4.69, 9.17) is 19.9 Å². The molecule has 0 aromatic heterocycles. The molecule has 10 heteroatoms. The molecule has 1 saturated heterocycles. The molecule has 1 heterocycles. The lowest BCUT2D eigenvalue weighted by molar-refractivity contribution is -0.256. The number of benzene rings is 2. The lowest BCUT2D eigenvalue weighted by Crippen LogP contribution is -2.52. The second-order valence-electron chi connectivity index (χ2n) is 9.77. The number of phenols is 2. The molecule has 0 saturated carbocycles. The van der Waals surface area contributed by atoms with Crippen molar-refractivity contribution in [2.24, 2.45) is 11.7 Å². The Hall–Kier alpha value is -3.02. The number of aliphatic hydroxyl groups is 2. The maximum absolute atomic E-state index is 13.6. The molecule has 6 N–H and O–H groups in total. The standard InChI is InChI=1S/C26H29NO9/c1-9-7-12-17(26(20(9)28)36-15-8-13(27)21(29)10(2)35-15)25(33)19-18(23(12)31)22(30)11-5-4-6-14(34-3)16(11)24(19)32/h4-6,9-10,13,15,20-21,26,28-29,31,33H,7-8,27H2,1-3H3/t9?,10?,13?,15?,20-,21?,26+/m0/s1. The van der Waals surface area contributed by atoms with Crippen molar-refractivity contribution in [3.8, 4) is 17.2 Å². The Balaban J connectivity index is 1.65. The number of ketones is 2. The first-order valence-electron chi connectivity index (χ1n) is 11.9. The lowest BCUT2D eigenvalue weighted by Gasteiger charge is -2.41. The first-order chi connectivity index (χ1) is 17.1. The molecule has 0 spiro atoms. The molecule has 0 radical (unpaired) electrons. The van der Waals surface area contributed by atoms with Gasteiger partial charge in [-0.15, -0.1) is 0 Å². The van der Waals surface area contributed by atoms with Crippen molar-refractivity contribution in [1.82, 2.24) is 0 Å². The van der Waals surface area contributed by atoms with Gasteiger partial charge in [0.2, 0.25) is 5.78 Å². The number of fused-ring (bicyclic) bond motifs is 3. The zero-order chi connectivity index (χ0) is 26.0. The minimum absolute atomic E-state index is 0.0151. The fraction of sp³-hybridized carbons (Fsp3) is 0.462. The minimum atomic E-state index is -1.19. The molecule has 2 aliphatic carbocycles. The largest absolute Gasteiger partial charge is 0.507 e. The number of hydrogen-bond acceptors (Lipinski definition) is 10. The maximum Gasteiger partial charge on any atom is 0.202 e. The van der Waals surface area contributed by atoms with Crippen LogP contribution in [0.5, 0.6) is 17.2 Å². The van der Waals surface area contributed by atoms with Gasteiger partial charge >= 0.3 is 0 Å². The van der Waals surface area contributed by atoms with Gasteiger partial charge in [-0.25, -0.2) is 0 Å². The van der Waals surface area contributed by atoms with Gasteiger partial charge in [-0.05, 0) is 25.3 Å². The quantitative estimate of drug-likeness (QED) is 0.331. The Bertz CT molecular complexity index is 1250. The van der Waals surface area contributed by atoms with E-state index in [2.05, 4.69) is 0 Å². The minimum Gasteiger partial charge on any atom is -0.507 e. The smallest absolute Gasteiger partial charge is 0.202 e. The van der Waals surface area contributed by atoms with E-state index in [-0.39, 0.29) is 52.0 Å². The topological polar surface area (TPSA) is 169 Å². The van der Waals surface area contributed by atoms with Crippen LogP contribution < -0.4 is 10.5 Å². The van der Waals surface area contributed by atoms with Crippen LogP contribution in [0.4, 0.5) is 0 Å². The molecule has 7 atom stereocenters. The highest BCUT2D eigenvalue weighted by Crippen LogP contribution is 2.51. The summed E-state index contributed by atoms with van der Waals surface area (Å²) in [5, 5.41) is 43.8. The lowest BCUT2D eigenvalue weighted by atomic mass is 9.74. The second-order valence-corrected chi connectivity index (χ2v) is 9.77. The number of ether oxygens (including phenoxy) is 3. The van der Waals surface area contributed by atoms with Crippen LogP contribution in [0.3, 0.4) is 0 Å². The number of aromatic hydroxyl groups is 2. The van der Waals surface area contributed by atoms with Crippen LogP contribution in [-0.4, -0.2) is 69.7 Å². The summed E-state index contributed by atoms with van der Waals surface area (Å²) < 4.78 is 17.1. The zero-order valence-corrected chi connectivity index (χ0v) is 20.1. The SMILES string of the molecule is COc1cccc2c1C(=O)c1c(O)c3c(c(O)c1C2=O)CC(C)[C@H](O)[C@@H]3OC1CC(N)C(O)C(C)O1. The van der Waals surface area contributed by atoms with E-state index in [0.717, 1.165) is 0 Å².